The number of benzene rings is 1. The number of likely N-dealkylation sites (tertiary alicyclic amines) is 1. The van der Waals surface area contributed by atoms with E-state index >= 15 is 0 Å². The first-order valence-electron chi connectivity index (χ1n) is 10.6. The molecule has 0 spiro atoms. The van der Waals surface area contributed by atoms with E-state index in [2.05, 4.69) is 53.1 Å². The number of aromatic nitrogens is 1. The molecule has 0 saturated carbocycles. The molecule has 0 radical (unpaired) electrons. The average Bonchev–Trinajstić information content (AvgIpc) is 3.07. The van der Waals surface area contributed by atoms with Crippen LogP contribution in [-0.4, -0.2) is 71.4 Å². The molecule has 6 heteroatoms. The Morgan fingerprint density at radius 2 is 2.04 bits per heavy atom. The third kappa shape index (κ3) is 3.36. The summed E-state index contributed by atoms with van der Waals surface area (Å²) in [6.45, 7) is 4.12. The fraction of sp³-hybridized carbons (Fsp3) is 0.636. The molecule has 4 atom stereocenters. The number of likely N-dealkylation sites (N-methyl/N-ethyl adjacent to an activating group) is 1. The summed E-state index contributed by atoms with van der Waals surface area (Å²) in [5.74, 6) is 1.60. The number of nitrogens with zero attached hydrogens (tertiary/aromatic N) is 4. The van der Waals surface area contributed by atoms with Gasteiger partial charge in [0.2, 0.25) is 5.91 Å². The highest BCUT2D eigenvalue weighted by Gasteiger charge is 2.49. The van der Waals surface area contributed by atoms with Gasteiger partial charge in [-0.2, -0.15) is 0 Å². The molecule has 5 rings (SSSR count). The Balaban J connectivity index is 1.38. The molecular formula is C22H30N4OS. The second-order valence-corrected chi connectivity index (χ2v) is 10.2. The van der Waals surface area contributed by atoms with Crippen molar-refractivity contribution < 1.29 is 4.79 Å². The van der Waals surface area contributed by atoms with Gasteiger partial charge in [-0.05, 0) is 57.3 Å². The van der Waals surface area contributed by atoms with E-state index in [0.717, 1.165) is 44.5 Å². The number of amides is 1. The van der Waals surface area contributed by atoms with Crippen molar-refractivity contribution in [2.45, 2.75) is 44.3 Å². The van der Waals surface area contributed by atoms with Crippen LogP contribution in [0.25, 0.3) is 10.2 Å². The standard InChI is InChI=1S/C22H30N4OS/c1-24(2)13-19-16-10-15(18-7-5-9-22(27)26(18)19)11-25(12-16)14-21-23-17-6-3-4-8-20(17)28-21/h3-4,6,8,15-16,18-19H,5,7,9-14H2,1-2H3/t15-,16+,18+,19+/m1/s1. The fourth-order valence-corrected chi connectivity index (χ4v) is 6.80. The van der Waals surface area contributed by atoms with E-state index in [4.69, 9.17) is 4.98 Å². The van der Waals surface area contributed by atoms with Crippen LogP contribution in [0.4, 0.5) is 0 Å². The fourth-order valence-electron chi connectivity index (χ4n) is 5.79. The molecule has 1 aromatic carbocycles. The number of carbonyl (C=O) groups is 1. The maximum atomic E-state index is 12.8. The van der Waals surface area contributed by atoms with Crippen LogP contribution in [0.3, 0.4) is 0 Å². The number of hydrogen-bond acceptors (Lipinski definition) is 5. The highest BCUT2D eigenvalue weighted by Crippen LogP contribution is 2.42. The minimum absolute atomic E-state index is 0.363. The molecule has 3 fully saturated rings. The van der Waals surface area contributed by atoms with Gasteiger partial charge < -0.3 is 9.80 Å². The zero-order valence-corrected chi connectivity index (χ0v) is 17.7. The largest absolute Gasteiger partial charge is 0.335 e. The Kier molecular flexibility index (Phi) is 4.89. The summed E-state index contributed by atoms with van der Waals surface area (Å²) in [6, 6.07) is 9.25. The molecule has 1 amide bonds. The molecule has 5 nitrogen and oxygen atoms in total. The molecule has 2 aromatic rings. The van der Waals surface area contributed by atoms with Crippen molar-refractivity contribution >= 4 is 27.5 Å². The predicted octanol–water partition coefficient (Wildman–Crippen LogP) is 3.06. The second kappa shape index (κ2) is 7.39. The van der Waals surface area contributed by atoms with Gasteiger partial charge in [0.15, 0.2) is 0 Å². The van der Waals surface area contributed by atoms with Crippen molar-refractivity contribution in [2.24, 2.45) is 11.8 Å². The van der Waals surface area contributed by atoms with Crippen LogP contribution in [0.1, 0.15) is 30.7 Å². The van der Waals surface area contributed by atoms with Gasteiger partial charge in [-0.3, -0.25) is 9.69 Å². The highest BCUT2D eigenvalue weighted by atomic mass is 32.1. The van der Waals surface area contributed by atoms with E-state index in [0.29, 0.717) is 29.8 Å². The van der Waals surface area contributed by atoms with Crippen molar-refractivity contribution in [2.75, 3.05) is 33.7 Å². The topological polar surface area (TPSA) is 39.7 Å². The minimum Gasteiger partial charge on any atom is -0.335 e. The molecule has 4 heterocycles. The normalized spacial score (nSPS) is 30.8. The molecule has 2 bridgehead atoms. The average molecular weight is 399 g/mol. The number of carbonyl (C=O) groups excluding carboxylic acids is 1. The molecule has 0 unspecified atom stereocenters. The molecule has 0 N–H and O–H groups in total. The van der Waals surface area contributed by atoms with E-state index in [1.165, 1.54) is 22.5 Å². The monoisotopic (exact) mass is 398 g/mol. The van der Waals surface area contributed by atoms with Crippen LogP contribution in [0.5, 0.6) is 0 Å². The number of thiazole rings is 1. The van der Waals surface area contributed by atoms with Gasteiger partial charge in [-0.25, -0.2) is 4.98 Å². The number of hydrogen-bond donors (Lipinski definition) is 0. The van der Waals surface area contributed by atoms with E-state index in [9.17, 15) is 4.79 Å². The summed E-state index contributed by atoms with van der Waals surface area (Å²) in [5, 5.41) is 1.22. The van der Waals surface area contributed by atoms with Gasteiger partial charge in [0.05, 0.1) is 16.8 Å². The molecule has 1 aromatic heterocycles. The molecular weight excluding hydrogens is 368 g/mol. The second-order valence-electron chi connectivity index (χ2n) is 9.12. The van der Waals surface area contributed by atoms with Gasteiger partial charge >= 0.3 is 0 Å². The minimum atomic E-state index is 0.363. The quantitative estimate of drug-likeness (QED) is 0.794. The smallest absolute Gasteiger partial charge is 0.223 e. The van der Waals surface area contributed by atoms with Crippen molar-refractivity contribution in [3.8, 4) is 0 Å². The lowest BCUT2D eigenvalue weighted by atomic mass is 9.72. The van der Waals surface area contributed by atoms with E-state index in [1.807, 2.05) is 11.3 Å². The molecule has 28 heavy (non-hydrogen) atoms. The summed E-state index contributed by atoms with van der Waals surface area (Å²) >= 11 is 1.83. The summed E-state index contributed by atoms with van der Waals surface area (Å²) in [4.78, 5) is 24.9. The maximum absolute atomic E-state index is 12.8. The van der Waals surface area contributed by atoms with Gasteiger partial charge in [0, 0.05) is 38.1 Å². The van der Waals surface area contributed by atoms with Crippen LogP contribution >= 0.6 is 11.3 Å². The molecule has 3 saturated heterocycles. The highest BCUT2D eigenvalue weighted by molar-refractivity contribution is 7.18. The van der Waals surface area contributed by atoms with E-state index < -0.39 is 0 Å². The van der Waals surface area contributed by atoms with E-state index in [1.54, 1.807) is 0 Å². The number of fused-ring (bicyclic) bond motifs is 5. The van der Waals surface area contributed by atoms with Gasteiger partial charge in [0.25, 0.3) is 0 Å². The molecule has 150 valence electrons. The Hall–Kier alpha value is -1.50. The lowest BCUT2D eigenvalue weighted by Gasteiger charge is -2.57. The van der Waals surface area contributed by atoms with Crippen LogP contribution < -0.4 is 0 Å². The molecule has 3 aliphatic rings. The van der Waals surface area contributed by atoms with Crippen molar-refractivity contribution in [3.05, 3.63) is 29.3 Å². The number of piperidine rings is 3. The Morgan fingerprint density at radius 3 is 2.86 bits per heavy atom. The SMILES string of the molecule is CN(C)C[C@H]1[C@H]2C[C@H](CN(Cc3nc4ccccc4s3)C2)[C@@H]2CCCC(=O)N21. The summed E-state index contributed by atoms with van der Waals surface area (Å²) in [5.41, 5.74) is 1.12. The number of para-hydroxylation sites is 1. The lowest BCUT2D eigenvalue weighted by molar-refractivity contribution is -0.153. The summed E-state index contributed by atoms with van der Waals surface area (Å²) in [6.07, 6.45) is 4.27. The zero-order valence-electron chi connectivity index (χ0n) is 16.9. The third-order valence-corrected chi connectivity index (χ3v) is 7.84. The van der Waals surface area contributed by atoms with Crippen LogP contribution in [0.15, 0.2) is 24.3 Å². The first-order valence-corrected chi connectivity index (χ1v) is 11.4. The Bertz CT molecular complexity index is 832. The van der Waals surface area contributed by atoms with Crippen molar-refractivity contribution in [1.29, 1.82) is 0 Å². The summed E-state index contributed by atoms with van der Waals surface area (Å²) in [7, 11) is 4.27. The predicted molar refractivity (Wildman–Crippen MR) is 113 cm³/mol. The molecule has 3 aliphatic heterocycles. The number of rotatable bonds is 4. The maximum Gasteiger partial charge on any atom is 0.223 e. The van der Waals surface area contributed by atoms with E-state index in [-0.39, 0.29) is 0 Å². The van der Waals surface area contributed by atoms with Gasteiger partial charge in [0.1, 0.15) is 5.01 Å². The first-order chi connectivity index (χ1) is 13.6. The summed E-state index contributed by atoms with van der Waals surface area (Å²) < 4.78 is 1.28. The lowest BCUT2D eigenvalue weighted by Crippen LogP contribution is -2.66. The van der Waals surface area contributed by atoms with Gasteiger partial charge in [-0.1, -0.05) is 12.1 Å². The van der Waals surface area contributed by atoms with Crippen LogP contribution in [0.2, 0.25) is 0 Å². The first kappa shape index (κ1) is 18.5. The van der Waals surface area contributed by atoms with Gasteiger partial charge in [-0.15, -0.1) is 11.3 Å². The van der Waals surface area contributed by atoms with Crippen molar-refractivity contribution in [1.82, 2.24) is 19.7 Å². The third-order valence-electron chi connectivity index (χ3n) is 6.82. The zero-order chi connectivity index (χ0) is 19.3. The van der Waals surface area contributed by atoms with Crippen LogP contribution in [0, 0.1) is 11.8 Å². The molecule has 0 aliphatic carbocycles. The van der Waals surface area contributed by atoms with Crippen LogP contribution in [-0.2, 0) is 11.3 Å². The van der Waals surface area contributed by atoms with Crippen molar-refractivity contribution in [3.63, 3.8) is 0 Å². The Morgan fingerprint density at radius 1 is 1.21 bits per heavy atom. The Labute approximate surface area is 171 Å².